The van der Waals surface area contributed by atoms with Gasteiger partial charge in [0.05, 0.1) is 18.5 Å². The quantitative estimate of drug-likeness (QED) is 0.370. The van der Waals surface area contributed by atoms with E-state index in [9.17, 15) is 22.0 Å². The Bertz CT molecular complexity index is 1700. The normalized spacial score (nSPS) is 13.8. The summed E-state index contributed by atoms with van der Waals surface area (Å²) in [7, 11) is -2.39. The lowest BCUT2D eigenvalue weighted by Gasteiger charge is -2.30. The second-order valence-electron chi connectivity index (χ2n) is 8.67. The van der Waals surface area contributed by atoms with Crippen molar-refractivity contribution in [2.45, 2.75) is 18.7 Å². The number of hydrogen-bond donors (Lipinski definition) is 0. The highest BCUT2D eigenvalue weighted by atomic mass is 32.2. The first-order chi connectivity index (χ1) is 18.2. The molecule has 2 aromatic heterocycles. The maximum atomic E-state index is 15.3. The van der Waals surface area contributed by atoms with Crippen molar-refractivity contribution in [1.82, 2.24) is 19.1 Å². The summed E-state index contributed by atoms with van der Waals surface area (Å²) in [6.45, 7) is 0.104. The van der Waals surface area contributed by atoms with Crippen molar-refractivity contribution >= 4 is 10.0 Å². The van der Waals surface area contributed by atoms with Gasteiger partial charge in [-0.15, -0.1) is 0 Å². The molecule has 0 amide bonds. The van der Waals surface area contributed by atoms with Crippen LogP contribution >= 0.6 is 0 Å². The van der Waals surface area contributed by atoms with E-state index in [4.69, 9.17) is 4.74 Å². The molecule has 0 fully saturated rings. The van der Waals surface area contributed by atoms with Crippen molar-refractivity contribution in [2.75, 3.05) is 13.7 Å². The number of sulfonamides is 1. The molecular weight excluding hydrogens is 521 g/mol. The van der Waals surface area contributed by atoms with E-state index in [1.54, 1.807) is 18.2 Å². The Labute approximate surface area is 216 Å². The minimum atomic E-state index is -3.73. The van der Waals surface area contributed by atoms with Crippen molar-refractivity contribution in [3.63, 3.8) is 0 Å². The first-order valence-electron chi connectivity index (χ1n) is 11.5. The Balaban J connectivity index is 1.53. The van der Waals surface area contributed by atoms with Gasteiger partial charge in [-0.25, -0.2) is 21.6 Å². The van der Waals surface area contributed by atoms with Gasteiger partial charge in [-0.1, -0.05) is 12.1 Å². The van der Waals surface area contributed by atoms with Crippen LogP contribution in [0, 0.1) is 17.5 Å². The van der Waals surface area contributed by atoms with Crippen LogP contribution < -0.4 is 10.3 Å². The SMILES string of the molecule is COc1cc(-c2ccc(F)c(F)c2)c(F)cc1-n1c2c(ccc1=O)CN(S(=O)(=O)Cc1cccnn1)CC2. The summed E-state index contributed by atoms with van der Waals surface area (Å²) in [4.78, 5) is 13.0. The molecule has 38 heavy (non-hydrogen) atoms. The number of hydrogen-bond acceptors (Lipinski definition) is 6. The van der Waals surface area contributed by atoms with Crippen LogP contribution in [0.2, 0.25) is 0 Å². The Hall–Kier alpha value is -4.03. The number of benzene rings is 2. The highest BCUT2D eigenvalue weighted by molar-refractivity contribution is 7.88. The molecule has 0 radical (unpaired) electrons. The molecule has 0 bridgehead atoms. The first kappa shape index (κ1) is 25.6. The van der Waals surface area contributed by atoms with Crippen LogP contribution in [0.3, 0.4) is 0 Å². The van der Waals surface area contributed by atoms with Crippen molar-refractivity contribution in [3.05, 3.63) is 106 Å². The Morgan fingerprint density at radius 1 is 1.00 bits per heavy atom. The van der Waals surface area contributed by atoms with E-state index in [0.29, 0.717) is 17.0 Å². The van der Waals surface area contributed by atoms with Crippen LogP contribution in [0.5, 0.6) is 5.75 Å². The fourth-order valence-electron chi connectivity index (χ4n) is 4.49. The summed E-state index contributed by atoms with van der Waals surface area (Å²) < 4.78 is 76.5. The van der Waals surface area contributed by atoms with Crippen LogP contribution in [0.15, 0.2) is 65.6 Å². The van der Waals surface area contributed by atoms with Crippen LogP contribution in [0.25, 0.3) is 16.8 Å². The summed E-state index contributed by atoms with van der Waals surface area (Å²) in [5.74, 6) is -3.16. The minimum absolute atomic E-state index is 0.00987. The molecule has 0 aliphatic carbocycles. The summed E-state index contributed by atoms with van der Waals surface area (Å²) in [5, 5.41) is 7.56. The molecule has 0 atom stereocenters. The average molecular weight is 543 g/mol. The lowest BCUT2D eigenvalue weighted by atomic mass is 10.0. The van der Waals surface area contributed by atoms with Gasteiger partial charge in [0.2, 0.25) is 10.0 Å². The second-order valence-corrected chi connectivity index (χ2v) is 10.6. The molecule has 1 aliphatic heterocycles. The van der Waals surface area contributed by atoms with Crippen molar-refractivity contribution in [2.24, 2.45) is 0 Å². The van der Waals surface area contributed by atoms with Crippen LogP contribution in [0.4, 0.5) is 13.2 Å². The summed E-state index contributed by atoms with van der Waals surface area (Å²) in [6.07, 6.45) is 1.63. The summed E-state index contributed by atoms with van der Waals surface area (Å²) in [5.41, 5.74) is 1.10. The number of nitrogens with zero attached hydrogens (tertiary/aromatic N) is 4. The van der Waals surface area contributed by atoms with Crippen molar-refractivity contribution < 1.29 is 26.3 Å². The predicted molar refractivity (Wildman–Crippen MR) is 133 cm³/mol. The van der Waals surface area contributed by atoms with Crippen LogP contribution in [0.1, 0.15) is 17.0 Å². The first-order valence-corrected chi connectivity index (χ1v) is 13.1. The molecule has 0 N–H and O–H groups in total. The van der Waals surface area contributed by atoms with E-state index >= 15 is 4.39 Å². The zero-order valence-corrected chi connectivity index (χ0v) is 20.9. The number of halogens is 3. The molecule has 3 heterocycles. The Kier molecular flexibility index (Phi) is 6.76. The summed E-state index contributed by atoms with van der Waals surface area (Å²) in [6, 6.07) is 11.4. The second kappa shape index (κ2) is 10.0. The van der Waals surface area contributed by atoms with E-state index in [-0.39, 0.29) is 47.8 Å². The van der Waals surface area contributed by atoms with E-state index in [2.05, 4.69) is 10.2 Å². The molecule has 0 saturated heterocycles. The monoisotopic (exact) mass is 542 g/mol. The van der Waals surface area contributed by atoms with Gasteiger partial charge in [-0.3, -0.25) is 9.36 Å². The zero-order chi connectivity index (χ0) is 27.0. The number of methoxy groups -OCH3 is 1. The molecule has 8 nitrogen and oxygen atoms in total. The van der Waals surface area contributed by atoms with Crippen molar-refractivity contribution in [1.29, 1.82) is 0 Å². The molecule has 4 aromatic rings. The van der Waals surface area contributed by atoms with Gasteiger partial charge in [-0.2, -0.15) is 14.5 Å². The standard InChI is InChI=1S/C26H21F3N4O4S/c1-37-25-12-19(16-4-6-20(27)22(29)11-16)21(28)13-24(25)33-23-8-10-32(14-17(23)5-7-26(33)34)38(35,36)15-18-3-2-9-30-31-18/h2-7,9,11-13H,8,10,14-15H2,1H3. The van der Waals surface area contributed by atoms with Gasteiger partial charge in [0.1, 0.15) is 17.3 Å². The average Bonchev–Trinajstić information content (AvgIpc) is 2.90. The van der Waals surface area contributed by atoms with Crippen LogP contribution in [-0.2, 0) is 28.7 Å². The lowest BCUT2D eigenvalue weighted by Crippen LogP contribution is -2.39. The van der Waals surface area contributed by atoms with Gasteiger partial charge in [0.25, 0.3) is 5.56 Å². The van der Waals surface area contributed by atoms with E-state index < -0.39 is 33.0 Å². The van der Waals surface area contributed by atoms with Crippen molar-refractivity contribution in [3.8, 4) is 22.6 Å². The van der Waals surface area contributed by atoms with Gasteiger partial charge in [0.15, 0.2) is 11.6 Å². The number of rotatable bonds is 6. The molecule has 0 spiro atoms. The number of fused-ring (bicyclic) bond motifs is 1. The predicted octanol–water partition coefficient (Wildman–Crippen LogP) is 3.61. The maximum absolute atomic E-state index is 15.3. The smallest absolute Gasteiger partial charge is 0.255 e. The molecule has 12 heteroatoms. The number of ether oxygens (including phenoxy) is 1. The number of pyridine rings is 1. The van der Waals surface area contributed by atoms with E-state index in [1.807, 2.05) is 0 Å². The van der Waals surface area contributed by atoms with E-state index in [1.165, 1.54) is 40.4 Å². The van der Waals surface area contributed by atoms with Gasteiger partial charge in [0, 0.05) is 49.1 Å². The maximum Gasteiger partial charge on any atom is 0.255 e. The van der Waals surface area contributed by atoms with Gasteiger partial charge < -0.3 is 4.74 Å². The minimum Gasteiger partial charge on any atom is -0.495 e. The van der Waals surface area contributed by atoms with Gasteiger partial charge >= 0.3 is 0 Å². The van der Waals surface area contributed by atoms with Gasteiger partial charge in [-0.05, 0) is 41.5 Å². The zero-order valence-electron chi connectivity index (χ0n) is 20.1. The highest BCUT2D eigenvalue weighted by Gasteiger charge is 2.30. The molecular formula is C26H21F3N4O4S. The molecule has 5 rings (SSSR count). The number of aromatic nitrogens is 3. The molecule has 0 unspecified atom stereocenters. The van der Waals surface area contributed by atoms with E-state index in [0.717, 1.165) is 18.2 Å². The largest absolute Gasteiger partial charge is 0.495 e. The van der Waals surface area contributed by atoms with Crippen LogP contribution in [-0.4, -0.2) is 41.1 Å². The molecule has 196 valence electrons. The fourth-order valence-corrected chi connectivity index (χ4v) is 5.91. The Morgan fingerprint density at radius 3 is 2.53 bits per heavy atom. The highest BCUT2D eigenvalue weighted by Crippen LogP contribution is 2.34. The molecule has 0 saturated carbocycles. The lowest BCUT2D eigenvalue weighted by molar-refractivity contribution is 0.381. The molecule has 2 aromatic carbocycles. The third-order valence-electron chi connectivity index (χ3n) is 6.32. The fraction of sp³-hybridized carbons (Fsp3) is 0.192. The third-order valence-corrected chi connectivity index (χ3v) is 8.08. The Morgan fingerprint density at radius 2 is 1.82 bits per heavy atom. The molecule has 1 aliphatic rings. The summed E-state index contributed by atoms with van der Waals surface area (Å²) >= 11 is 0. The third kappa shape index (κ3) is 4.79. The topological polar surface area (TPSA) is 94.4 Å².